The van der Waals surface area contributed by atoms with Gasteiger partial charge in [-0.05, 0) is 41.3 Å². The van der Waals surface area contributed by atoms with Gasteiger partial charge in [-0.3, -0.25) is 4.79 Å². The van der Waals surface area contributed by atoms with Gasteiger partial charge in [0, 0.05) is 17.5 Å². The summed E-state index contributed by atoms with van der Waals surface area (Å²) >= 11 is 11.9. The largest absolute Gasteiger partial charge is 0.348 e. The van der Waals surface area contributed by atoms with Crippen molar-refractivity contribution in [2.45, 2.75) is 30.7 Å². The Labute approximate surface area is 162 Å². The van der Waals surface area contributed by atoms with Crippen molar-refractivity contribution in [2.75, 3.05) is 0 Å². The Morgan fingerprint density at radius 1 is 1.08 bits per heavy atom. The molecule has 0 spiro atoms. The van der Waals surface area contributed by atoms with Gasteiger partial charge in [0.2, 0.25) is 10.0 Å². The van der Waals surface area contributed by atoms with Crippen LogP contribution in [-0.4, -0.2) is 20.4 Å². The summed E-state index contributed by atoms with van der Waals surface area (Å²) in [5.41, 5.74) is 1.22. The number of carbonyl (C=O) groups excluding carboxylic acids is 1. The SMILES string of the molecule is CC1(C)[C@@H](NC(=O)c2ccc(Cl)c(Cl)c2)[C@@H]1c1ccc(S(N)(=O)=O)cc1. The standard InChI is InChI=1S/C18H18Cl2N2O3S/c1-18(2)15(10-3-6-12(7-4-10)26(21,24)25)16(18)22-17(23)11-5-8-13(19)14(20)9-11/h3-9,15-16H,1-2H3,(H,22,23)(H2,21,24,25)/t15-,16-/m0/s1. The lowest BCUT2D eigenvalue weighted by molar-refractivity contribution is 0.0946. The van der Waals surface area contributed by atoms with Gasteiger partial charge >= 0.3 is 0 Å². The minimum absolute atomic E-state index is 0.0658. The zero-order valence-electron chi connectivity index (χ0n) is 14.2. The molecule has 2 aromatic carbocycles. The number of hydrogen-bond donors (Lipinski definition) is 2. The first-order chi connectivity index (χ1) is 12.0. The van der Waals surface area contributed by atoms with Crippen LogP contribution in [-0.2, 0) is 10.0 Å². The summed E-state index contributed by atoms with van der Waals surface area (Å²) in [6.45, 7) is 4.09. The Morgan fingerprint density at radius 3 is 2.23 bits per heavy atom. The fourth-order valence-corrected chi connectivity index (χ4v) is 4.07. The molecular formula is C18H18Cl2N2O3S. The van der Waals surface area contributed by atoms with Crippen molar-refractivity contribution in [3.63, 3.8) is 0 Å². The second-order valence-corrected chi connectivity index (χ2v) is 9.37. The second kappa shape index (κ2) is 6.53. The zero-order valence-corrected chi connectivity index (χ0v) is 16.5. The van der Waals surface area contributed by atoms with Gasteiger partial charge in [-0.25, -0.2) is 13.6 Å². The maximum Gasteiger partial charge on any atom is 0.251 e. The average molecular weight is 413 g/mol. The Kier molecular flexibility index (Phi) is 4.82. The van der Waals surface area contributed by atoms with E-state index in [1.165, 1.54) is 18.2 Å². The van der Waals surface area contributed by atoms with E-state index < -0.39 is 10.0 Å². The van der Waals surface area contributed by atoms with Crippen LogP contribution < -0.4 is 10.5 Å². The van der Waals surface area contributed by atoms with E-state index in [0.717, 1.165) is 5.56 Å². The first kappa shape index (κ1) is 19.2. The van der Waals surface area contributed by atoms with Crippen LogP contribution in [0.25, 0.3) is 0 Å². The van der Waals surface area contributed by atoms with Crippen LogP contribution in [0, 0.1) is 5.41 Å². The van der Waals surface area contributed by atoms with Gasteiger partial charge in [-0.15, -0.1) is 0 Å². The van der Waals surface area contributed by atoms with Crippen molar-refractivity contribution in [3.05, 3.63) is 63.6 Å². The van der Waals surface area contributed by atoms with Gasteiger partial charge in [-0.2, -0.15) is 0 Å². The van der Waals surface area contributed by atoms with Gasteiger partial charge in [0.1, 0.15) is 0 Å². The minimum atomic E-state index is -3.72. The van der Waals surface area contributed by atoms with E-state index in [-0.39, 0.29) is 28.2 Å². The number of carbonyl (C=O) groups is 1. The lowest BCUT2D eigenvalue weighted by Crippen LogP contribution is -2.28. The molecule has 0 aliphatic heterocycles. The number of amides is 1. The van der Waals surface area contributed by atoms with Crippen LogP contribution >= 0.6 is 23.2 Å². The molecule has 1 fully saturated rings. The van der Waals surface area contributed by atoms with Crippen molar-refractivity contribution in [1.29, 1.82) is 0 Å². The van der Waals surface area contributed by atoms with E-state index in [1.54, 1.807) is 24.3 Å². The van der Waals surface area contributed by atoms with Crippen LogP contribution in [0.15, 0.2) is 47.4 Å². The van der Waals surface area contributed by atoms with Gasteiger partial charge in [-0.1, -0.05) is 49.2 Å². The molecular weight excluding hydrogens is 395 g/mol. The molecule has 1 aliphatic carbocycles. The summed E-state index contributed by atoms with van der Waals surface area (Å²) in [4.78, 5) is 12.6. The summed E-state index contributed by atoms with van der Waals surface area (Å²) in [6.07, 6.45) is 0. The highest BCUT2D eigenvalue weighted by molar-refractivity contribution is 7.89. The normalized spacial score (nSPS) is 21.3. The number of rotatable bonds is 4. The molecule has 26 heavy (non-hydrogen) atoms. The monoisotopic (exact) mass is 412 g/mol. The number of hydrogen-bond acceptors (Lipinski definition) is 3. The lowest BCUT2D eigenvalue weighted by Gasteiger charge is -2.07. The van der Waals surface area contributed by atoms with E-state index in [0.29, 0.717) is 15.6 Å². The van der Waals surface area contributed by atoms with Crippen LogP contribution in [0.2, 0.25) is 10.0 Å². The van der Waals surface area contributed by atoms with E-state index >= 15 is 0 Å². The maximum absolute atomic E-state index is 12.5. The van der Waals surface area contributed by atoms with Crippen LogP contribution in [0.4, 0.5) is 0 Å². The predicted molar refractivity (Wildman–Crippen MR) is 102 cm³/mol. The summed E-state index contributed by atoms with van der Waals surface area (Å²) in [5, 5.41) is 8.86. The van der Waals surface area contributed by atoms with Crippen LogP contribution in [0.3, 0.4) is 0 Å². The van der Waals surface area contributed by atoms with Gasteiger partial charge in [0.25, 0.3) is 5.91 Å². The molecule has 138 valence electrons. The second-order valence-electron chi connectivity index (χ2n) is 6.99. The third-order valence-corrected chi connectivity index (χ3v) is 6.53. The zero-order chi connectivity index (χ0) is 19.3. The topological polar surface area (TPSA) is 89.3 Å². The highest BCUT2D eigenvalue weighted by atomic mass is 35.5. The maximum atomic E-state index is 12.5. The van der Waals surface area contributed by atoms with Crippen molar-refractivity contribution in [3.8, 4) is 0 Å². The van der Waals surface area contributed by atoms with Gasteiger partial charge in [0.15, 0.2) is 0 Å². The first-order valence-corrected chi connectivity index (χ1v) is 10.2. The first-order valence-electron chi connectivity index (χ1n) is 7.90. The van der Waals surface area contributed by atoms with Crippen LogP contribution in [0.5, 0.6) is 0 Å². The summed E-state index contributed by atoms with van der Waals surface area (Å²) < 4.78 is 22.8. The fourth-order valence-electron chi connectivity index (χ4n) is 3.26. The molecule has 3 rings (SSSR count). The van der Waals surface area contributed by atoms with Crippen molar-refractivity contribution in [2.24, 2.45) is 10.6 Å². The molecule has 1 amide bonds. The lowest BCUT2D eigenvalue weighted by atomic mass is 10.0. The van der Waals surface area contributed by atoms with Gasteiger partial charge in [0.05, 0.1) is 14.9 Å². The molecule has 8 heteroatoms. The Balaban J connectivity index is 1.77. The van der Waals surface area contributed by atoms with Crippen molar-refractivity contribution in [1.82, 2.24) is 5.32 Å². The Morgan fingerprint density at radius 2 is 1.69 bits per heavy atom. The molecule has 0 heterocycles. The predicted octanol–water partition coefficient (Wildman–Crippen LogP) is 3.56. The molecule has 3 N–H and O–H groups in total. The molecule has 2 aromatic rings. The summed E-state index contributed by atoms with van der Waals surface area (Å²) in [7, 11) is -3.72. The molecule has 0 aromatic heterocycles. The Bertz CT molecular complexity index is 972. The average Bonchev–Trinajstić information content (AvgIpc) is 3.09. The highest BCUT2D eigenvalue weighted by Crippen LogP contribution is 2.58. The number of primary sulfonamides is 1. The van der Waals surface area contributed by atoms with Crippen molar-refractivity contribution < 1.29 is 13.2 Å². The van der Waals surface area contributed by atoms with E-state index in [2.05, 4.69) is 5.32 Å². The van der Waals surface area contributed by atoms with E-state index in [4.69, 9.17) is 28.3 Å². The number of nitrogens with two attached hydrogens (primary N) is 1. The van der Waals surface area contributed by atoms with Crippen LogP contribution in [0.1, 0.15) is 35.7 Å². The Hall–Kier alpha value is -1.60. The molecule has 5 nitrogen and oxygen atoms in total. The highest BCUT2D eigenvalue weighted by Gasteiger charge is 2.59. The quantitative estimate of drug-likeness (QED) is 0.803. The van der Waals surface area contributed by atoms with Gasteiger partial charge < -0.3 is 5.32 Å². The molecule has 0 radical (unpaired) electrons. The molecule has 0 saturated heterocycles. The smallest absolute Gasteiger partial charge is 0.251 e. The number of sulfonamides is 1. The molecule has 1 saturated carbocycles. The number of benzene rings is 2. The molecule has 2 atom stereocenters. The summed E-state index contributed by atoms with van der Waals surface area (Å²) in [5.74, 6) is -0.158. The number of halogens is 2. The molecule has 1 aliphatic rings. The van der Waals surface area contributed by atoms with Crippen molar-refractivity contribution >= 4 is 39.1 Å². The van der Waals surface area contributed by atoms with E-state index in [9.17, 15) is 13.2 Å². The summed E-state index contributed by atoms with van der Waals surface area (Å²) in [6, 6.07) is 11.1. The van der Waals surface area contributed by atoms with E-state index in [1.807, 2.05) is 13.8 Å². The molecule has 0 bridgehead atoms. The third kappa shape index (κ3) is 3.60. The minimum Gasteiger partial charge on any atom is -0.348 e. The number of nitrogens with one attached hydrogen (secondary N) is 1. The fraction of sp³-hybridized carbons (Fsp3) is 0.278. The molecule has 0 unspecified atom stereocenters. The third-order valence-electron chi connectivity index (χ3n) is 4.86.